The van der Waals surface area contributed by atoms with E-state index in [1.807, 2.05) is 94.4 Å². The highest BCUT2D eigenvalue weighted by Gasteiger charge is 2.33. The van der Waals surface area contributed by atoms with Crippen molar-refractivity contribution in [2.24, 2.45) is 0 Å². The van der Waals surface area contributed by atoms with Crippen molar-refractivity contribution in [2.75, 3.05) is 40.4 Å². The Morgan fingerprint density at radius 1 is 0.762 bits per heavy atom. The van der Waals surface area contributed by atoms with E-state index >= 15 is 0 Å². The third-order valence-electron chi connectivity index (χ3n) is 7.90. The fraction of sp³-hybridized carbons (Fsp3) is 0.303. The molecule has 4 aromatic rings. The number of nitrogens with zero attached hydrogens (tertiary/aromatic N) is 3. The van der Waals surface area contributed by atoms with Gasteiger partial charge >= 0.3 is 0 Å². The van der Waals surface area contributed by atoms with Crippen LogP contribution in [0, 0.1) is 27.7 Å². The Morgan fingerprint density at radius 3 is 1.98 bits per heavy atom. The van der Waals surface area contributed by atoms with Gasteiger partial charge in [-0.05, 0) is 86.8 Å². The molecule has 0 bridgehead atoms. The molecule has 0 atom stereocenters. The molecule has 1 amide bonds. The Balaban J connectivity index is 1.45. The molecule has 0 saturated carbocycles. The molecule has 0 N–H and O–H groups in total. The van der Waals surface area contributed by atoms with Gasteiger partial charge in [-0.25, -0.2) is 8.42 Å². The first-order valence-corrected chi connectivity index (χ1v) is 15.4. The van der Waals surface area contributed by atoms with Crippen molar-refractivity contribution in [1.82, 2.24) is 13.8 Å². The SMILES string of the molecule is COc1ccc(-c2cc(C(=O)N3CCN(S(=O)(=O)c4c(C)cc(C)cc4C)CC3)c(C)n2-c2cccc(OC)c2)cc1. The van der Waals surface area contributed by atoms with E-state index in [1.54, 1.807) is 19.1 Å². The van der Waals surface area contributed by atoms with Gasteiger partial charge in [0.2, 0.25) is 10.0 Å². The van der Waals surface area contributed by atoms with Crippen molar-refractivity contribution in [3.63, 3.8) is 0 Å². The molecule has 0 radical (unpaired) electrons. The molecule has 2 heterocycles. The van der Waals surface area contributed by atoms with Crippen molar-refractivity contribution < 1.29 is 22.7 Å². The first-order valence-electron chi connectivity index (χ1n) is 13.9. The van der Waals surface area contributed by atoms with E-state index in [1.165, 1.54) is 4.31 Å². The molecule has 8 nitrogen and oxygen atoms in total. The maximum atomic E-state index is 13.9. The molecule has 5 rings (SSSR count). The van der Waals surface area contributed by atoms with Crippen LogP contribution in [0.2, 0.25) is 0 Å². The summed E-state index contributed by atoms with van der Waals surface area (Å²) in [6.07, 6.45) is 0. The number of hydrogen-bond donors (Lipinski definition) is 0. The van der Waals surface area contributed by atoms with Gasteiger partial charge in [0, 0.05) is 43.6 Å². The van der Waals surface area contributed by atoms with Crippen LogP contribution in [0.25, 0.3) is 16.9 Å². The molecular formula is C33H37N3O5S. The summed E-state index contributed by atoms with van der Waals surface area (Å²) in [5.41, 5.74) is 6.54. The number of hydrogen-bond acceptors (Lipinski definition) is 5. The average Bonchev–Trinajstić information content (AvgIpc) is 3.33. The molecule has 220 valence electrons. The maximum absolute atomic E-state index is 13.9. The number of aromatic nitrogens is 1. The van der Waals surface area contributed by atoms with E-state index in [9.17, 15) is 13.2 Å². The lowest BCUT2D eigenvalue weighted by atomic mass is 10.1. The van der Waals surface area contributed by atoms with E-state index in [2.05, 4.69) is 4.57 Å². The van der Waals surface area contributed by atoms with Crippen LogP contribution in [0.4, 0.5) is 0 Å². The molecule has 1 fully saturated rings. The van der Waals surface area contributed by atoms with Crippen molar-refractivity contribution in [2.45, 2.75) is 32.6 Å². The number of amides is 1. The fourth-order valence-electron chi connectivity index (χ4n) is 5.88. The van der Waals surface area contributed by atoms with E-state index in [0.717, 1.165) is 45.1 Å². The largest absolute Gasteiger partial charge is 0.497 e. The van der Waals surface area contributed by atoms with Crippen LogP contribution in [-0.4, -0.2) is 68.5 Å². The lowest BCUT2D eigenvalue weighted by Crippen LogP contribution is -2.50. The lowest BCUT2D eigenvalue weighted by molar-refractivity contribution is 0.0697. The zero-order chi connectivity index (χ0) is 30.2. The van der Waals surface area contributed by atoms with Crippen molar-refractivity contribution in [3.05, 3.63) is 94.7 Å². The lowest BCUT2D eigenvalue weighted by Gasteiger charge is -2.34. The van der Waals surface area contributed by atoms with E-state index in [0.29, 0.717) is 29.3 Å². The average molecular weight is 588 g/mol. The molecular weight excluding hydrogens is 550 g/mol. The minimum absolute atomic E-state index is 0.122. The third kappa shape index (κ3) is 5.42. The van der Waals surface area contributed by atoms with E-state index in [4.69, 9.17) is 9.47 Å². The quantitative estimate of drug-likeness (QED) is 0.284. The Morgan fingerprint density at radius 2 is 1.38 bits per heavy atom. The Labute approximate surface area is 248 Å². The molecule has 1 aliphatic rings. The van der Waals surface area contributed by atoms with Gasteiger partial charge in [-0.15, -0.1) is 0 Å². The van der Waals surface area contributed by atoms with Crippen LogP contribution in [0.5, 0.6) is 11.5 Å². The summed E-state index contributed by atoms with van der Waals surface area (Å²) >= 11 is 0. The zero-order valence-corrected chi connectivity index (χ0v) is 25.8. The molecule has 0 spiro atoms. The molecule has 0 aliphatic carbocycles. The van der Waals surface area contributed by atoms with Crippen LogP contribution >= 0.6 is 0 Å². The summed E-state index contributed by atoms with van der Waals surface area (Å²) in [5, 5.41) is 0. The maximum Gasteiger partial charge on any atom is 0.255 e. The number of rotatable bonds is 7. The summed E-state index contributed by atoms with van der Waals surface area (Å²) in [6.45, 7) is 8.66. The summed E-state index contributed by atoms with van der Waals surface area (Å²) < 4.78 is 41.6. The second-order valence-electron chi connectivity index (χ2n) is 10.7. The number of aryl methyl sites for hydroxylation is 3. The van der Waals surface area contributed by atoms with Crippen molar-refractivity contribution >= 4 is 15.9 Å². The second-order valence-corrected chi connectivity index (χ2v) is 12.6. The number of sulfonamides is 1. The molecule has 9 heteroatoms. The van der Waals surface area contributed by atoms with Gasteiger partial charge in [0.25, 0.3) is 5.91 Å². The van der Waals surface area contributed by atoms with Gasteiger partial charge in [0.1, 0.15) is 11.5 Å². The van der Waals surface area contributed by atoms with Gasteiger partial charge < -0.3 is 18.9 Å². The fourth-order valence-corrected chi connectivity index (χ4v) is 7.72. The van der Waals surface area contributed by atoms with Crippen molar-refractivity contribution in [1.29, 1.82) is 0 Å². The number of piperazine rings is 1. The smallest absolute Gasteiger partial charge is 0.255 e. The molecule has 42 heavy (non-hydrogen) atoms. The first-order chi connectivity index (χ1) is 20.0. The predicted molar refractivity (Wildman–Crippen MR) is 164 cm³/mol. The topological polar surface area (TPSA) is 81.1 Å². The molecule has 3 aromatic carbocycles. The van der Waals surface area contributed by atoms with Gasteiger partial charge in [0.15, 0.2) is 0 Å². The van der Waals surface area contributed by atoms with Gasteiger partial charge in [0.05, 0.1) is 30.4 Å². The van der Waals surface area contributed by atoms with Gasteiger partial charge in [-0.1, -0.05) is 23.8 Å². The Kier molecular flexibility index (Phi) is 8.17. The van der Waals surface area contributed by atoms with Crippen LogP contribution in [0.3, 0.4) is 0 Å². The minimum atomic E-state index is -3.68. The number of carbonyl (C=O) groups excluding carboxylic acids is 1. The second kappa shape index (κ2) is 11.7. The van der Waals surface area contributed by atoms with Crippen LogP contribution < -0.4 is 9.47 Å². The Hall–Kier alpha value is -4.08. The number of benzene rings is 3. The molecule has 1 aliphatic heterocycles. The number of ether oxygens (including phenoxy) is 2. The number of carbonyl (C=O) groups is 1. The minimum Gasteiger partial charge on any atom is -0.497 e. The summed E-state index contributed by atoms with van der Waals surface area (Å²) in [7, 11) is -0.425. The monoisotopic (exact) mass is 587 g/mol. The standard InChI is InChI=1S/C33H37N3O5S/c1-22-18-23(2)32(24(3)19-22)42(38,39)35-16-14-34(15-17-35)33(37)30-21-31(26-10-12-28(40-5)13-11-26)36(25(30)4)27-8-7-9-29(20-27)41-6/h7-13,18-21H,14-17H2,1-6H3. The normalized spacial score (nSPS) is 14.2. The summed E-state index contributed by atoms with van der Waals surface area (Å²) in [4.78, 5) is 16.1. The van der Waals surface area contributed by atoms with Crippen molar-refractivity contribution in [3.8, 4) is 28.4 Å². The van der Waals surface area contributed by atoms with Crippen LogP contribution in [-0.2, 0) is 10.0 Å². The predicted octanol–water partition coefficient (Wildman–Crippen LogP) is 5.54. The highest BCUT2D eigenvalue weighted by molar-refractivity contribution is 7.89. The molecule has 0 unspecified atom stereocenters. The highest BCUT2D eigenvalue weighted by atomic mass is 32.2. The number of methoxy groups -OCH3 is 2. The van der Waals surface area contributed by atoms with Crippen LogP contribution in [0.15, 0.2) is 71.6 Å². The molecule has 1 aromatic heterocycles. The summed E-state index contributed by atoms with van der Waals surface area (Å²) in [6, 6.07) is 21.2. The van der Waals surface area contributed by atoms with Gasteiger partial charge in [-0.3, -0.25) is 4.79 Å². The Bertz CT molecular complexity index is 1710. The van der Waals surface area contributed by atoms with Crippen LogP contribution in [0.1, 0.15) is 32.7 Å². The highest BCUT2D eigenvalue weighted by Crippen LogP contribution is 2.33. The summed E-state index contributed by atoms with van der Waals surface area (Å²) in [5.74, 6) is 1.34. The third-order valence-corrected chi connectivity index (χ3v) is 10.1. The van der Waals surface area contributed by atoms with E-state index < -0.39 is 10.0 Å². The zero-order valence-electron chi connectivity index (χ0n) is 25.0. The van der Waals surface area contributed by atoms with Gasteiger partial charge in [-0.2, -0.15) is 4.31 Å². The van der Waals surface area contributed by atoms with E-state index in [-0.39, 0.29) is 19.0 Å². The molecule has 1 saturated heterocycles. The first kappa shape index (κ1) is 29.4.